The van der Waals surface area contributed by atoms with Gasteiger partial charge in [0.05, 0.1) is 15.7 Å². The van der Waals surface area contributed by atoms with Crippen molar-refractivity contribution in [3.63, 3.8) is 0 Å². The number of hydrogen-bond acceptors (Lipinski definition) is 3. The molecule has 2 N–H and O–H groups in total. The Balaban J connectivity index is 2.06. The molecule has 1 aromatic carbocycles. The third-order valence-corrected chi connectivity index (χ3v) is 4.02. The van der Waals surface area contributed by atoms with E-state index in [1.54, 1.807) is 12.3 Å². The first kappa shape index (κ1) is 12.8. The Kier molecular flexibility index (Phi) is 3.76. The van der Waals surface area contributed by atoms with Gasteiger partial charge in [0.15, 0.2) is 0 Å². The molecule has 0 amide bonds. The third kappa shape index (κ3) is 2.76. The van der Waals surface area contributed by atoms with Crippen LogP contribution in [0.4, 0.5) is 10.1 Å². The molecule has 0 aliphatic carbocycles. The number of halogens is 1. The number of nitrogens with zero attached hydrogens (tertiary/aromatic N) is 2. The van der Waals surface area contributed by atoms with E-state index < -0.39 is 16.6 Å². The lowest BCUT2D eigenvalue weighted by atomic mass is 10.3. The van der Waals surface area contributed by atoms with Crippen molar-refractivity contribution < 1.29 is 8.60 Å². The first-order valence-corrected chi connectivity index (χ1v) is 6.81. The van der Waals surface area contributed by atoms with Crippen molar-refractivity contribution in [1.82, 2.24) is 9.55 Å². The topological polar surface area (TPSA) is 60.9 Å². The molecule has 2 aromatic rings. The molecule has 0 aliphatic heterocycles. The molecule has 1 unspecified atom stereocenters. The molecule has 96 valence electrons. The van der Waals surface area contributed by atoms with E-state index in [0.29, 0.717) is 18.0 Å². The molecule has 2 rings (SSSR count). The van der Waals surface area contributed by atoms with Gasteiger partial charge in [0.1, 0.15) is 11.6 Å². The highest BCUT2D eigenvalue weighted by atomic mass is 32.2. The van der Waals surface area contributed by atoms with E-state index >= 15 is 0 Å². The monoisotopic (exact) mass is 267 g/mol. The minimum Gasteiger partial charge on any atom is -0.399 e. The summed E-state index contributed by atoms with van der Waals surface area (Å²) in [5.41, 5.74) is 5.78. The van der Waals surface area contributed by atoms with Gasteiger partial charge in [-0.3, -0.25) is 4.21 Å². The lowest BCUT2D eigenvalue weighted by Gasteiger charge is -2.06. The zero-order chi connectivity index (χ0) is 13.1. The van der Waals surface area contributed by atoms with E-state index in [1.165, 1.54) is 12.1 Å². The highest BCUT2D eigenvalue weighted by Crippen LogP contribution is 2.16. The summed E-state index contributed by atoms with van der Waals surface area (Å²) in [5.74, 6) is 0.679. The molecule has 0 radical (unpaired) electrons. The zero-order valence-electron chi connectivity index (χ0n) is 9.97. The lowest BCUT2D eigenvalue weighted by Crippen LogP contribution is -2.09. The number of imidazole rings is 1. The molecule has 1 aromatic heterocycles. The molecule has 18 heavy (non-hydrogen) atoms. The second-order valence-electron chi connectivity index (χ2n) is 3.91. The predicted octanol–water partition coefficient (Wildman–Crippen LogP) is 1.72. The Bertz CT molecular complexity index is 582. The number of rotatable bonds is 4. The molecule has 4 nitrogen and oxygen atoms in total. The van der Waals surface area contributed by atoms with Crippen LogP contribution in [0.2, 0.25) is 0 Å². The highest BCUT2D eigenvalue weighted by Gasteiger charge is 2.10. The summed E-state index contributed by atoms with van der Waals surface area (Å²) >= 11 is 0. The molecule has 6 heteroatoms. The maximum Gasteiger partial charge on any atom is 0.141 e. The third-order valence-electron chi connectivity index (χ3n) is 2.64. The number of aromatic nitrogens is 2. The summed E-state index contributed by atoms with van der Waals surface area (Å²) in [6.07, 6.45) is 3.49. The zero-order valence-corrected chi connectivity index (χ0v) is 10.8. The van der Waals surface area contributed by atoms with Crippen LogP contribution in [-0.2, 0) is 17.3 Å². The van der Waals surface area contributed by atoms with Crippen LogP contribution in [0.1, 0.15) is 5.82 Å². The van der Waals surface area contributed by atoms with Crippen LogP contribution in [-0.4, -0.2) is 19.5 Å². The van der Waals surface area contributed by atoms with Gasteiger partial charge in [0.2, 0.25) is 0 Å². The van der Waals surface area contributed by atoms with Crippen LogP contribution in [0.3, 0.4) is 0 Å². The van der Waals surface area contributed by atoms with Crippen molar-refractivity contribution in [2.75, 3.05) is 11.5 Å². The van der Waals surface area contributed by atoms with Crippen LogP contribution in [0.5, 0.6) is 0 Å². The summed E-state index contributed by atoms with van der Waals surface area (Å²) < 4.78 is 27.4. The number of hydrogen-bond donors (Lipinski definition) is 1. The van der Waals surface area contributed by atoms with Gasteiger partial charge in [-0.2, -0.15) is 0 Å². The van der Waals surface area contributed by atoms with Crippen LogP contribution < -0.4 is 5.73 Å². The second kappa shape index (κ2) is 5.30. The van der Waals surface area contributed by atoms with Crippen LogP contribution in [0, 0.1) is 12.7 Å². The number of nitrogens with two attached hydrogens (primary N) is 1. The molecule has 0 aliphatic rings. The maximum atomic E-state index is 13.6. The first-order chi connectivity index (χ1) is 8.58. The van der Waals surface area contributed by atoms with Gasteiger partial charge in [-0.15, -0.1) is 0 Å². The minimum absolute atomic E-state index is 0.196. The van der Waals surface area contributed by atoms with Crippen molar-refractivity contribution in [3.05, 3.63) is 42.2 Å². The summed E-state index contributed by atoms with van der Waals surface area (Å²) in [6.45, 7) is 2.41. The van der Waals surface area contributed by atoms with Gasteiger partial charge in [0.25, 0.3) is 0 Å². The molecule has 1 heterocycles. The van der Waals surface area contributed by atoms with Crippen molar-refractivity contribution in [3.8, 4) is 0 Å². The number of nitrogen functional groups attached to an aromatic ring is 1. The predicted molar refractivity (Wildman–Crippen MR) is 69.1 cm³/mol. The first-order valence-electron chi connectivity index (χ1n) is 5.49. The second-order valence-corrected chi connectivity index (χ2v) is 5.45. The molecular formula is C12H14FN3OS. The van der Waals surface area contributed by atoms with Crippen LogP contribution in [0.25, 0.3) is 0 Å². The summed E-state index contributed by atoms with van der Waals surface area (Å²) in [7, 11) is -1.38. The molecular weight excluding hydrogens is 253 g/mol. The highest BCUT2D eigenvalue weighted by molar-refractivity contribution is 7.85. The minimum atomic E-state index is -1.38. The van der Waals surface area contributed by atoms with Crippen molar-refractivity contribution in [2.45, 2.75) is 18.4 Å². The maximum absolute atomic E-state index is 13.6. The standard InChI is InChI=1S/C12H14FN3OS/c1-9-15-4-5-16(9)6-7-18(17)12-3-2-10(14)8-11(12)13/h2-5,8H,6-7,14H2,1H3. The average molecular weight is 267 g/mol. The van der Waals surface area contributed by atoms with Gasteiger partial charge in [-0.05, 0) is 25.1 Å². The van der Waals surface area contributed by atoms with Gasteiger partial charge in [-0.1, -0.05) is 0 Å². The van der Waals surface area contributed by atoms with E-state index in [-0.39, 0.29) is 4.90 Å². The Morgan fingerprint density at radius 2 is 2.28 bits per heavy atom. The van der Waals surface area contributed by atoms with E-state index in [0.717, 1.165) is 5.82 Å². The Labute approximate surface area is 107 Å². The molecule has 0 spiro atoms. The van der Waals surface area contributed by atoms with E-state index in [1.807, 2.05) is 17.7 Å². The van der Waals surface area contributed by atoms with Crippen LogP contribution >= 0.6 is 0 Å². The quantitative estimate of drug-likeness (QED) is 0.858. The molecule has 0 saturated carbocycles. The molecule has 1 atom stereocenters. The van der Waals surface area contributed by atoms with E-state index in [4.69, 9.17) is 5.73 Å². The van der Waals surface area contributed by atoms with Crippen LogP contribution in [0.15, 0.2) is 35.5 Å². The Hall–Kier alpha value is -1.69. The van der Waals surface area contributed by atoms with Gasteiger partial charge in [-0.25, -0.2) is 9.37 Å². The van der Waals surface area contributed by atoms with Crippen molar-refractivity contribution in [1.29, 1.82) is 0 Å². The van der Waals surface area contributed by atoms with E-state index in [9.17, 15) is 8.60 Å². The van der Waals surface area contributed by atoms with E-state index in [2.05, 4.69) is 4.98 Å². The summed E-state index contributed by atoms with van der Waals surface area (Å²) in [6, 6.07) is 4.22. The Morgan fingerprint density at radius 1 is 1.50 bits per heavy atom. The lowest BCUT2D eigenvalue weighted by molar-refractivity contribution is 0.594. The van der Waals surface area contributed by atoms with Gasteiger partial charge in [0, 0.05) is 30.4 Å². The summed E-state index contributed by atoms with van der Waals surface area (Å²) in [5, 5.41) is 0. The fourth-order valence-corrected chi connectivity index (χ4v) is 2.71. The molecule has 0 fully saturated rings. The SMILES string of the molecule is Cc1nccn1CCS(=O)c1ccc(N)cc1F. The molecule has 0 bridgehead atoms. The average Bonchev–Trinajstić information content (AvgIpc) is 2.72. The number of aryl methyl sites for hydroxylation is 2. The fraction of sp³-hybridized carbons (Fsp3) is 0.250. The number of anilines is 1. The van der Waals surface area contributed by atoms with Gasteiger partial charge < -0.3 is 10.3 Å². The van der Waals surface area contributed by atoms with Crippen molar-refractivity contribution in [2.24, 2.45) is 0 Å². The largest absolute Gasteiger partial charge is 0.399 e. The Morgan fingerprint density at radius 3 is 2.89 bits per heavy atom. The smallest absolute Gasteiger partial charge is 0.141 e. The normalized spacial score (nSPS) is 12.6. The van der Waals surface area contributed by atoms with Crippen molar-refractivity contribution >= 4 is 16.5 Å². The van der Waals surface area contributed by atoms with Gasteiger partial charge >= 0.3 is 0 Å². The number of benzene rings is 1. The fourth-order valence-electron chi connectivity index (χ4n) is 1.63. The summed E-state index contributed by atoms with van der Waals surface area (Å²) in [4.78, 5) is 4.27. The molecule has 0 saturated heterocycles.